The molecule has 0 spiro atoms. The van der Waals surface area contributed by atoms with Gasteiger partial charge in [-0.3, -0.25) is 0 Å². The topological polar surface area (TPSA) is 81.4 Å². The Kier molecular flexibility index (Phi) is 5.22. The minimum absolute atomic E-state index is 0.0826. The Morgan fingerprint density at radius 2 is 2.05 bits per heavy atom. The third kappa shape index (κ3) is 3.67. The molecule has 1 aromatic carbocycles. The molecule has 0 saturated carbocycles. The van der Waals surface area contributed by atoms with E-state index in [4.69, 9.17) is 5.26 Å². The van der Waals surface area contributed by atoms with E-state index in [9.17, 15) is 13.5 Å². The molecule has 0 amide bonds. The van der Waals surface area contributed by atoms with Gasteiger partial charge in [0.25, 0.3) is 0 Å². The Morgan fingerprint density at radius 1 is 1.36 bits per heavy atom. The number of aliphatic hydroxyl groups excluding tert-OH is 1. The van der Waals surface area contributed by atoms with Crippen LogP contribution in [0.2, 0.25) is 0 Å². The van der Waals surface area contributed by atoms with Crippen LogP contribution in [0.25, 0.3) is 0 Å². The van der Waals surface area contributed by atoms with Gasteiger partial charge in [-0.05, 0) is 42.4 Å². The van der Waals surface area contributed by atoms with Crippen molar-refractivity contribution in [2.45, 2.75) is 31.9 Å². The van der Waals surface area contributed by atoms with Gasteiger partial charge in [-0.15, -0.1) is 0 Å². The van der Waals surface area contributed by atoms with E-state index in [1.54, 1.807) is 24.3 Å². The second kappa shape index (κ2) is 6.78. The monoisotopic (exact) mass is 322 g/mol. The highest BCUT2D eigenvalue weighted by molar-refractivity contribution is 7.88. The molecule has 6 heteroatoms. The van der Waals surface area contributed by atoms with Crippen LogP contribution in [0.15, 0.2) is 24.3 Å². The number of benzene rings is 1. The Morgan fingerprint density at radius 3 is 2.59 bits per heavy atom. The maximum atomic E-state index is 12.5. The largest absolute Gasteiger partial charge is 0.396 e. The van der Waals surface area contributed by atoms with Gasteiger partial charge in [0, 0.05) is 19.7 Å². The number of hydrogen-bond acceptors (Lipinski definition) is 4. The Bertz CT molecular complexity index is 650. The first kappa shape index (κ1) is 16.9. The fourth-order valence-electron chi connectivity index (χ4n) is 2.89. The van der Waals surface area contributed by atoms with E-state index >= 15 is 0 Å². The van der Waals surface area contributed by atoms with Crippen LogP contribution in [0, 0.1) is 16.7 Å². The molecule has 1 aliphatic heterocycles. The maximum absolute atomic E-state index is 12.5. The predicted octanol–water partition coefficient (Wildman–Crippen LogP) is 1.87. The van der Waals surface area contributed by atoms with E-state index in [1.165, 1.54) is 4.31 Å². The van der Waals surface area contributed by atoms with Gasteiger partial charge in [0.05, 0.1) is 17.4 Å². The number of nitrogens with zero attached hydrogens (tertiary/aromatic N) is 2. The lowest BCUT2D eigenvalue weighted by molar-refractivity contribution is 0.0647. The van der Waals surface area contributed by atoms with E-state index in [2.05, 4.69) is 0 Å². The molecule has 0 aromatic heterocycles. The average Bonchev–Trinajstić information content (AvgIpc) is 2.54. The van der Waals surface area contributed by atoms with Crippen LogP contribution in [0.3, 0.4) is 0 Å². The lowest BCUT2D eigenvalue weighted by atomic mass is 9.77. The van der Waals surface area contributed by atoms with Gasteiger partial charge in [-0.1, -0.05) is 19.1 Å². The van der Waals surface area contributed by atoms with Gasteiger partial charge >= 0.3 is 0 Å². The summed E-state index contributed by atoms with van der Waals surface area (Å²) in [6, 6.07) is 8.73. The van der Waals surface area contributed by atoms with Crippen LogP contribution in [0.1, 0.15) is 37.3 Å². The van der Waals surface area contributed by atoms with Crippen LogP contribution in [-0.4, -0.2) is 37.5 Å². The quantitative estimate of drug-likeness (QED) is 0.897. The highest BCUT2D eigenvalue weighted by Crippen LogP contribution is 2.35. The molecule has 1 fully saturated rings. The second-order valence-electron chi connectivity index (χ2n) is 5.98. The second-order valence-corrected chi connectivity index (χ2v) is 7.95. The van der Waals surface area contributed by atoms with Crippen molar-refractivity contribution in [1.29, 1.82) is 5.26 Å². The van der Waals surface area contributed by atoms with Gasteiger partial charge in [-0.25, -0.2) is 12.7 Å². The molecule has 1 aliphatic rings. The number of piperidine rings is 1. The first-order valence-corrected chi connectivity index (χ1v) is 9.13. The molecule has 22 heavy (non-hydrogen) atoms. The summed E-state index contributed by atoms with van der Waals surface area (Å²) < 4.78 is 26.6. The summed E-state index contributed by atoms with van der Waals surface area (Å²) in [7, 11) is -3.39. The fraction of sp³-hybridized carbons (Fsp3) is 0.562. The Hall–Kier alpha value is -1.42. The molecule has 0 radical (unpaired) electrons. The molecule has 1 N–H and O–H groups in total. The maximum Gasteiger partial charge on any atom is 0.218 e. The number of hydrogen-bond donors (Lipinski definition) is 1. The van der Waals surface area contributed by atoms with Crippen molar-refractivity contribution in [2.24, 2.45) is 5.41 Å². The molecule has 0 aliphatic carbocycles. The van der Waals surface area contributed by atoms with Crippen LogP contribution in [0.4, 0.5) is 0 Å². The molecule has 1 heterocycles. The number of rotatable bonds is 5. The number of aliphatic hydroxyl groups is 1. The van der Waals surface area contributed by atoms with Crippen molar-refractivity contribution >= 4 is 10.0 Å². The van der Waals surface area contributed by atoms with Crippen molar-refractivity contribution in [3.63, 3.8) is 0 Å². The average molecular weight is 322 g/mol. The summed E-state index contributed by atoms with van der Waals surface area (Å²) in [6.45, 7) is 3.05. The molecule has 5 nitrogen and oxygen atoms in total. The van der Waals surface area contributed by atoms with E-state index in [0.29, 0.717) is 37.1 Å². The van der Waals surface area contributed by atoms with E-state index in [1.807, 2.05) is 13.0 Å². The van der Waals surface area contributed by atoms with E-state index < -0.39 is 10.0 Å². The number of sulfonamides is 1. The minimum atomic E-state index is -3.39. The fourth-order valence-corrected chi connectivity index (χ4v) is 4.42. The summed E-state index contributed by atoms with van der Waals surface area (Å²) in [6.07, 6.45) is 2.25. The summed E-state index contributed by atoms with van der Waals surface area (Å²) in [5.41, 5.74) is 0.970. The first-order chi connectivity index (χ1) is 10.4. The summed E-state index contributed by atoms with van der Waals surface area (Å²) in [4.78, 5) is 0. The van der Waals surface area contributed by atoms with Crippen molar-refractivity contribution in [3.8, 4) is 6.07 Å². The molecule has 1 aromatic rings. The zero-order valence-corrected chi connectivity index (χ0v) is 13.6. The van der Waals surface area contributed by atoms with Gasteiger partial charge in [0.2, 0.25) is 10.0 Å². The molecule has 0 atom stereocenters. The van der Waals surface area contributed by atoms with Crippen molar-refractivity contribution in [1.82, 2.24) is 4.31 Å². The van der Waals surface area contributed by atoms with Gasteiger partial charge < -0.3 is 5.11 Å². The molecule has 120 valence electrons. The van der Waals surface area contributed by atoms with Crippen LogP contribution in [0.5, 0.6) is 0 Å². The third-order valence-electron chi connectivity index (χ3n) is 4.67. The zero-order valence-electron chi connectivity index (χ0n) is 12.8. The predicted molar refractivity (Wildman–Crippen MR) is 84.4 cm³/mol. The standard InChI is InChI=1S/C16H22N2O3S/c1-2-16(13-19)6-8-18(9-7-16)22(20,21)12-15-5-3-4-14(10-15)11-17/h3-5,10,19H,2,6-9,12-13H2,1H3. The van der Waals surface area contributed by atoms with Gasteiger partial charge in [0.1, 0.15) is 0 Å². The van der Waals surface area contributed by atoms with Gasteiger partial charge in [-0.2, -0.15) is 5.26 Å². The van der Waals surface area contributed by atoms with Gasteiger partial charge in [0.15, 0.2) is 0 Å². The third-order valence-corrected chi connectivity index (χ3v) is 6.52. The van der Waals surface area contributed by atoms with E-state index in [0.717, 1.165) is 6.42 Å². The summed E-state index contributed by atoms with van der Waals surface area (Å²) >= 11 is 0. The SMILES string of the molecule is CCC1(CO)CCN(S(=O)(=O)Cc2cccc(C#N)c2)CC1. The summed E-state index contributed by atoms with van der Waals surface area (Å²) in [5, 5.41) is 18.4. The molecule has 2 rings (SSSR count). The van der Waals surface area contributed by atoms with Crippen LogP contribution >= 0.6 is 0 Å². The normalized spacial score (nSPS) is 18.8. The summed E-state index contributed by atoms with van der Waals surface area (Å²) in [5.74, 6) is -0.0826. The first-order valence-electron chi connectivity index (χ1n) is 7.52. The van der Waals surface area contributed by atoms with Crippen molar-refractivity contribution in [2.75, 3.05) is 19.7 Å². The highest BCUT2D eigenvalue weighted by Gasteiger charge is 2.36. The highest BCUT2D eigenvalue weighted by atomic mass is 32.2. The Balaban J connectivity index is 2.07. The molecule has 0 bridgehead atoms. The number of nitriles is 1. The lowest BCUT2D eigenvalue weighted by Gasteiger charge is -2.39. The van der Waals surface area contributed by atoms with Crippen molar-refractivity contribution in [3.05, 3.63) is 35.4 Å². The zero-order chi connectivity index (χ0) is 16.2. The molecular weight excluding hydrogens is 300 g/mol. The molecule has 1 saturated heterocycles. The van der Waals surface area contributed by atoms with E-state index in [-0.39, 0.29) is 17.8 Å². The minimum Gasteiger partial charge on any atom is -0.396 e. The van der Waals surface area contributed by atoms with Crippen LogP contribution < -0.4 is 0 Å². The van der Waals surface area contributed by atoms with Crippen LogP contribution in [-0.2, 0) is 15.8 Å². The Labute approximate surface area is 132 Å². The smallest absolute Gasteiger partial charge is 0.218 e. The molecular formula is C16H22N2O3S. The van der Waals surface area contributed by atoms with Crippen molar-refractivity contribution < 1.29 is 13.5 Å². The molecule has 0 unspecified atom stereocenters. The lowest BCUT2D eigenvalue weighted by Crippen LogP contribution is -2.44.